The molecule has 0 aromatic heterocycles. The fraction of sp³-hybridized carbons (Fsp3) is 0.333. The van der Waals surface area contributed by atoms with Crippen LogP contribution in [0.4, 0.5) is 0 Å². The predicted octanol–water partition coefficient (Wildman–Crippen LogP) is 1.39. The third-order valence-corrected chi connectivity index (χ3v) is 3.33. The lowest BCUT2D eigenvalue weighted by Crippen LogP contribution is -2.39. The Bertz CT molecular complexity index is 404. The maximum absolute atomic E-state index is 11.3. The summed E-state index contributed by atoms with van der Waals surface area (Å²) >= 11 is 1.54. The fourth-order valence-corrected chi connectivity index (χ4v) is 2.39. The molecule has 2 rings (SSSR count). The van der Waals surface area contributed by atoms with E-state index in [-0.39, 0.29) is 6.61 Å². The molecule has 1 aliphatic heterocycles. The van der Waals surface area contributed by atoms with Crippen LogP contribution in [0.5, 0.6) is 0 Å². The van der Waals surface area contributed by atoms with E-state index in [0.29, 0.717) is 5.75 Å². The number of benzene rings is 1. The quantitative estimate of drug-likeness (QED) is 0.758. The molecule has 0 N–H and O–H groups in total. The van der Waals surface area contributed by atoms with Gasteiger partial charge in [0.1, 0.15) is 0 Å². The monoisotopic (exact) mass is 252 g/mol. The first-order valence-corrected chi connectivity index (χ1v) is 6.39. The number of esters is 2. The smallest absolute Gasteiger partial charge is 0.348 e. The van der Waals surface area contributed by atoms with Crippen molar-refractivity contribution in [3.8, 4) is 0 Å². The molecular weight excluding hydrogens is 240 g/mol. The van der Waals surface area contributed by atoms with Crippen molar-refractivity contribution in [1.29, 1.82) is 0 Å². The highest BCUT2D eigenvalue weighted by atomic mass is 32.2. The van der Waals surface area contributed by atoms with Gasteiger partial charge in [-0.3, -0.25) is 0 Å². The van der Waals surface area contributed by atoms with Crippen LogP contribution in [0.2, 0.25) is 0 Å². The molecule has 0 bridgehead atoms. The number of hydrogen-bond acceptors (Lipinski definition) is 5. The highest BCUT2D eigenvalue weighted by molar-refractivity contribution is 7.98. The Balaban J connectivity index is 1.78. The standard InChI is InChI=1S/C12H12O4S/c13-11-6-15-12(14)10(16-11)8-17-7-9-4-2-1-3-5-9/h1-5,10H,6-8H2/t10-/m1/s1. The van der Waals surface area contributed by atoms with Crippen molar-refractivity contribution in [2.45, 2.75) is 11.9 Å². The molecule has 1 saturated heterocycles. The SMILES string of the molecule is O=C1COC(=O)[C@@H](CSCc2ccccc2)O1. The van der Waals surface area contributed by atoms with Crippen LogP contribution in [0.25, 0.3) is 0 Å². The molecule has 5 heteroatoms. The van der Waals surface area contributed by atoms with E-state index in [4.69, 9.17) is 4.74 Å². The van der Waals surface area contributed by atoms with Crippen LogP contribution in [0.15, 0.2) is 30.3 Å². The van der Waals surface area contributed by atoms with E-state index in [9.17, 15) is 9.59 Å². The Morgan fingerprint density at radius 3 is 2.76 bits per heavy atom. The van der Waals surface area contributed by atoms with Crippen LogP contribution >= 0.6 is 11.8 Å². The van der Waals surface area contributed by atoms with E-state index in [1.165, 1.54) is 5.56 Å². The summed E-state index contributed by atoms with van der Waals surface area (Å²) < 4.78 is 9.58. The van der Waals surface area contributed by atoms with Gasteiger partial charge in [-0.1, -0.05) is 30.3 Å². The summed E-state index contributed by atoms with van der Waals surface area (Å²) in [5.74, 6) is 0.279. The van der Waals surface area contributed by atoms with E-state index in [2.05, 4.69) is 4.74 Å². The van der Waals surface area contributed by atoms with Crippen LogP contribution < -0.4 is 0 Å². The zero-order chi connectivity index (χ0) is 12.1. The molecule has 1 heterocycles. The van der Waals surface area contributed by atoms with Gasteiger partial charge in [0, 0.05) is 11.5 Å². The molecule has 17 heavy (non-hydrogen) atoms. The summed E-state index contributed by atoms with van der Waals surface area (Å²) in [6.45, 7) is -0.265. The molecule has 1 aromatic carbocycles. The molecule has 0 aliphatic carbocycles. The first-order chi connectivity index (χ1) is 8.25. The fourth-order valence-electron chi connectivity index (χ4n) is 1.42. The Morgan fingerprint density at radius 2 is 2.00 bits per heavy atom. The van der Waals surface area contributed by atoms with Gasteiger partial charge < -0.3 is 9.47 Å². The lowest BCUT2D eigenvalue weighted by molar-refractivity contribution is -0.182. The normalized spacial score (nSPS) is 19.6. The average molecular weight is 252 g/mol. The first-order valence-electron chi connectivity index (χ1n) is 5.23. The van der Waals surface area contributed by atoms with Crippen LogP contribution in [0, 0.1) is 0 Å². The second kappa shape index (κ2) is 5.72. The predicted molar refractivity (Wildman–Crippen MR) is 63.4 cm³/mol. The average Bonchev–Trinajstić information content (AvgIpc) is 2.35. The zero-order valence-electron chi connectivity index (χ0n) is 9.13. The number of thioether (sulfide) groups is 1. The van der Waals surface area contributed by atoms with E-state index in [0.717, 1.165) is 5.75 Å². The molecule has 90 valence electrons. The molecule has 0 radical (unpaired) electrons. The number of carbonyl (C=O) groups excluding carboxylic acids is 2. The van der Waals surface area contributed by atoms with Gasteiger partial charge in [-0.25, -0.2) is 9.59 Å². The van der Waals surface area contributed by atoms with Gasteiger partial charge in [-0.15, -0.1) is 0 Å². The summed E-state index contributed by atoms with van der Waals surface area (Å²) in [6, 6.07) is 9.90. The number of rotatable bonds is 4. The van der Waals surface area contributed by atoms with E-state index >= 15 is 0 Å². The van der Waals surface area contributed by atoms with Crippen LogP contribution in [0.3, 0.4) is 0 Å². The summed E-state index contributed by atoms with van der Waals surface area (Å²) in [6.07, 6.45) is -0.759. The van der Waals surface area contributed by atoms with Gasteiger partial charge in [0.15, 0.2) is 6.61 Å². The van der Waals surface area contributed by atoms with Crippen molar-refractivity contribution < 1.29 is 19.1 Å². The minimum atomic E-state index is -0.759. The van der Waals surface area contributed by atoms with Gasteiger partial charge in [-0.05, 0) is 5.56 Å². The van der Waals surface area contributed by atoms with Crippen molar-refractivity contribution in [1.82, 2.24) is 0 Å². The summed E-state index contributed by atoms with van der Waals surface area (Å²) in [7, 11) is 0. The van der Waals surface area contributed by atoms with E-state index in [1.54, 1.807) is 11.8 Å². The number of carbonyl (C=O) groups is 2. The van der Waals surface area contributed by atoms with E-state index in [1.807, 2.05) is 30.3 Å². The van der Waals surface area contributed by atoms with Gasteiger partial charge in [0.2, 0.25) is 6.10 Å². The van der Waals surface area contributed by atoms with Crippen molar-refractivity contribution in [3.63, 3.8) is 0 Å². The van der Waals surface area contributed by atoms with Crippen molar-refractivity contribution >= 4 is 23.7 Å². The summed E-state index contributed by atoms with van der Waals surface area (Å²) in [4.78, 5) is 22.2. The van der Waals surface area contributed by atoms with Crippen molar-refractivity contribution in [3.05, 3.63) is 35.9 Å². The maximum Gasteiger partial charge on any atom is 0.348 e. The lowest BCUT2D eigenvalue weighted by Gasteiger charge is -2.20. The number of ether oxygens (including phenoxy) is 2. The van der Waals surface area contributed by atoms with Gasteiger partial charge >= 0.3 is 11.9 Å². The van der Waals surface area contributed by atoms with E-state index < -0.39 is 18.0 Å². The highest BCUT2D eigenvalue weighted by Gasteiger charge is 2.30. The molecule has 4 nitrogen and oxygen atoms in total. The third-order valence-electron chi connectivity index (χ3n) is 2.25. The maximum atomic E-state index is 11.3. The molecule has 0 saturated carbocycles. The molecule has 1 atom stereocenters. The topological polar surface area (TPSA) is 52.6 Å². The largest absolute Gasteiger partial charge is 0.451 e. The zero-order valence-corrected chi connectivity index (χ0v) is 9.94. The molecule has 0 unspecified atom stereocenters. The second-order valence-electron chi connectivity index (χ2n) is 3.59. The summed E-state index contributed by atoms with van der Waals surface area (Å²) in [5.41, 5.74) is 1.17. The van der Waals surface area contributed by atoms with Crippen LogP contribution in [0.1, 0.15) is 5.56 Å². The Kier molecular flexibility index (Phi) is 4.03. The highest BCUT2D eigenvalue weighted by Crippen LogP contribution is 2.16. The van der Waals surface area contributed by atoms with Crippen LogP contribution in [-0.2, 0) is 24.8 Å². The van der Waals surface area contributed by atoms with Gasteiger partial charge in [-0.2, -0.15) is 11.8 Å². The Hall–Kier alpha value is -1.49. The second-order valence-corrected chi connectivity index (χ2v) is 4.62. The minimum Gasteiger partial charge on any atom is -0.451 e. The Labute approximate surface area is 103 Å². The van der Waals surface area contributed by atoms with Crippen molar-refractivity contribution in [2.75, 3.05) is 12.4 Å². The van der Waals surface area contributed by atoms with Crippen LogP contribution in [-0.4, -0.2) is 30.4 Å². The third kappa shape index (κ3) is 3.49. The molecule has 1 aliphatic rings. The molecule has 0 spiro atoms. The van der Waals surface area contributed by atoms with Crippen molar-refractivity contribution in [2.24, 2.45) is 0 Å². The first kappa shape index (κ1) is 12.0. The molecule has 1 aromatic rings. The molecule has 1 fully saturated rings. The van der Waals surface area contributed by atoms with Gasteiger partial charge in [0.05, 0.1) is 0 Å². The lowest BCUT2D eigenvalue weighted by atomic mass is 10.2. The number of hydrogen-bond donors (Lipinski definition) is 0. The Morgan fingerprint density at radius 1 is 1.24 bits per heavy atom. The number of cyclic esters (lactones) is 2. The minimum absolute atomic E-state index is 0.265. The van der Waals surface area contributed by atoms with Gasteiger partial charge in [0.25, 0.3) is 0 Å². The molecule has 0 amide bonds. The molecular formula is C12H12O4S. The summed E-state index contributed by atoms with van der Waals surface area (Å²) in [5, 5.41) is 0.